The van der Waals surface area contributed by atoms with Crippen LogP contribution in [0.15, 0.2) is 47.6 Å². The Morgan fingerprint density at radius 2 is 1.88 bits per heavy atom. The summed E-state index contributed by atoms with van der Waals surface area (Å²) >= 11 is 0. The zero-order chi connectivity index (χ0) is 18.7. The third kappa shape index (κ3) is 3.56. The molecule has 1 amide bonds. The molecule has 0 aliphatic carbocycles. The number of hydrogen-bond donors (Lipinski definition) is 0. The highest BCUT2D eigenvalue weighted by Gasteiger charge is 2.31. The zero-order valence-electron chi connectivity index (χ0n) is 14.8. The molecule has 0 spiro atoms. The summed E-state index contributed by atoms with van der Waals surface area (Å²) in [7, 11) is -2.06. The van der Waals surface area contributed by atoms with Gasteiger partial charge in [-0.3, -0.25) is 9.78 Å². The highest BCUT2D eigenvalue weighted by Crippen LogP contribution is 2.25. The summed E-state index contributed by atoms with van der Waals surface area (Å²) in [6.07, 6.45) is 3.13. The molecule has 1 fully saturated rings. The number of pyridine rings is 1. The van der Waals surface area contributed by atoms with Gasteiger partial charge < -0.3 is 9.64 Å². The summed E-state index contributed by atoms with van der Waals surface area (Å²) in [5.74, 6) is 0.490. The van der Waals surface area contributed by atoms with E-state index in [4.69, 9.17) is 4.74 Å². The van der Waals surface area contributed by atoms with E-state index in [1.54, 1.807) is 55.5 Å². The van der Waals surface area contributed by atoms with E-state index < -0.39 is 10.0 Å². The largest absolute Gasteiger partial charge is 0.497 e. The number of hydrogen-bond acceptors (Lipinski definition) is 5. The number of nitrogens with zero attached hydrogens (tertiary/aromatic N) is 3. The highest BCUT2D eigenvalue weighted by atomic mass is 32.2. The summed E-state index contributed by atoms with van der Waals surface area (Å²) in [6, 6.07) is 8.33. The predicted octanol–water partition coefficient (Wildman–Crippen LogP) is 1.55. The first-order chi connectivity index (χ1) is 12.4. The first-order valence-electron chi connectivity index (χ1n) is 8.27. The minimum Gasteiger partial charge on any atom is -0.497 e. The Labute approximate surface area is 153 Å². The molecule has 1 aromatic carbocycles. The van der Waals surface area contributed by atoms with Crippen LogP contribution >= 0.6 is 0 Å². The van der Waals surface area contributed by atoms with E-state index in [1.807, 2.05) is 0 Å². The van der Waals surface area contributed by atoms with E-state index >= 15 is 0 Å². The van der Waals surface area contributed by atoms with Crippen LogP contribution in [0.5, 0.6) is 5.75 Å². The molecule has 138 valence electrons. The van der Waals surface area contributed by atoms with Gasteiger partial charge in [-0.15, -0.1) is 0 Å². The molecule has 1 aromatic heterocycles. The summed E-state index contributed by atoms with van der Waals surface area (Å²) < 4.78 is 32.4. The molecule has 0 radical (unpaired) electrons. The van der Waals surface area contributed by atoms with Crippen molar-refractivity contribution in [2.75, 3.05) is 33.3 Å². The van der Waals surface area contributed by atoms with Crippen LogP contribution in [0.25, 0.3) is 0 Å². The molecule has 1 aliphatic heterocycles. The van der Waals surface area contributed by atoms with Gasteiger partial charge >= 0.3 is 0 Å². The van der Waals surface area contributed by atoms with E-state index in [0.717, 1.165) is 0 Å². The second kappa shape index (κ2) is 7.43. The Bertz CT molecular complexity index is 892. The van der Waals surface area contributed by atoms with Crippen LogP contribution in [0.1, 0.15) is 15.9 Å². The van der Waals surface area contributed by atoms with Gasteiger partial charge in [-0.2, -0.15) is 4.31 Å². The second-order valence-electron chi connectivity index (χ2n) is 6.07. The molecule has 2 heterocycles. The van der Waals surface area contributed by atoms with Crippen LogP contribution in [0, 0.1) is 6.92 Å². The Morgan fingerprint density at radius 3 is 2.46 bits per heavy atom. The van der Waals surface area contributed by atoms with Gasteiger partial charge in [0.15, 0.2) is 0 Å². The number of methoxy groups -OCH3 is 1. The van der Waals surface area contributed by atoms with Crippen molar-refractivity contribution >= 4 is 15.9 Å². The van der Waals surface area contributed by atoms with Crippen molar-refractivity contribution in [1.82, 2.24) is 14.2 Å². The fourth-order valence-electron chi connectivity index (χ4n) is 2.98. The lowest BCUT2D eigenvalue weighted by molar-refractivity contribution is 0.0697. The molecule has 7 nitrogen and oxygen atoms in total. The number of carbonyl (C=O) groups excluding carboxylic acids is 1. The van der Waals surface area contributed by atoms with Gasteiger partial charge in [0, 0.05) is 38.6 Å². The number of carbonyl (C=O) groups is 1. The lowest BCUT2D eigenvalue weighted by Crippen LogP contribution is -2.50. The van der Waals surface area contributed by atoms with E-state index in [1.165, 1.54) is 10.5 Å². The number of ether oxygens (including phenoxy) is 1. The number of aryl methyl sites for hydroxylation is 1. The van der Waals surface area contributed by atoms with Gasteiger partial charge in [0.2, 0.25) is 10.0 Å². The van der Waals surface area contributed by atoms with Gasteiger partial charge in [0.05, 0.1) is 17.6 Å². The fraction of sp³-hybridized carbons (Fsp3) is 0.333. The van der Waals surface area contributed by atoms with Crippen LogP contribution in [0.3, 0.4) is 0 Å². The van der Waals surface area contributed by atoms with E-state index in [9.17, 15) is 13.2 Å². The Hall–Kier alpha value is -2.45. The van der Waals surface area contributed by atoms with E-state index in [-0.39, 0.29) is 23.9 Å². The normalized spacial score (nSPS) is 15.7. The number of piperazine rings is 1. The Balaban J connectivity index is 1.72. The number of rotatable bonds is 4. The zero-order valence-corrected chi connectivity index (χ0v) is 15.6. The Kier molecular flexibility index (Phi) is 5.24. The summed E-state index contributed by atoms with van der Waals surface area (Å²) in [5.41, 5.74) is 1.15. The molecule has 0 atom stereocenters. The Morgan fingerprint density at radius 1 is 1.15 bits per heavy atom. The first-order valence-corrected chi connectivity index (χ1v) is 9.71. The van der Waals surface area contributed by atoms with Crippen LogP contribution in [-0.4, -0.2) is 61.8 Å². The summed E-state index contributed by atoms with van der Waals surface area (Å²) in [6.45, 7) is 2.97. The molecular weight excluding hydrogens is 354 g/mol. The molecule has 0 N–H and O–H groups in total. The predicted molar refractivity (Wildman–Crippen MR) is 96.6 cm³/mol. The number of aromatic nitrogens is 1. The first kappa shape index (κ1) is 18.3. The van der Waals surface area contributed by atoms with Gasteiger partial charge in [-0.05, 0) is 42.8 Å². The van der Waals surface area contributed by atoms with Crippen LogP contribution in [-0.2, 0) is 10.0 Å². The van der Waals surface area contributed by atoms with Crippen molar-refractivity contribution in [1.29, 1.82) is 0 Å². The third-order valence-corrected chi connectivity index (χ3v) is 6.49. The standard InChI is InChI=1S/C18H21N3O4S/c1-14-12-16(25-2)5-6-17(14)26(23,24)21-10-8-20(9-11-21)18(22)15-4-3-7-19-13-15/h3-7,12-13H,8-11H2,1-2H3. The van der Waals surface area contributed by atoms with Crippen molar-refractivity contribution in [3.63, 3.8) is 0 Å². The molecule has 3 rings (SSSR count). The van der Waals surface area contributed by atoms with Gasteiger partial charge in [0.25, 0.3) is 5.91 Å². The molecule has 2 aromatic rings. The maximum Gasteiger partial charge on any atom is 0.255 e. The SMILES string of the molecule is COc1ccc(S(=O)(=O)N2CCN(C(=O)c3cccnc3)CC2)c(C)c1. The average Bonchev–Trinajstić information content (AvgIpc) is 2.67. The quantitative estimate of drug-likeness (QED) is 0.810. The summed E-state index contributed by atoms with van der Waals surface area (Å²) in [5, 5.41) is 0. The lowest BCUT2D eigenvalue weighted by atomic mass is 10.2. The number of benzene rings is 1. The van der Waals surface area contributed by atoms with Crippen molar-refractivity contribution in [2.45, 2.75) is 11.8 Å². The fourth-order valence-corrected chi connectivity index (χ4v) is 4.61. The maximum atomic E-state index is 12.9. The molecule has 8 heteroatoms. The molecule has 0 saturated carbocycles. The van der Waals surface area contributed by atoms with Gasteiger partial charge in [0.1, 0.15) is 5.75 Å². The van der Waals surface area contributed by atoms with Gasteiger partial charge in [-0.25, -0.2) is 8.42 Å². The smallest absolute Gasteiger partial charge is 0.255 e. The number of sulfonamides is 1. The molecule has 1 aliphatic rings. The van der Waals surface area contributed by atoms with Gasteiger partial charge in [-0.1, -0.05) is 0 Å². The summed E-state index contributed by atoms with van der Waals surface area (Å²) in [4.78, 5) is 18.3. The molecule has 26 heavy (non-hydrogen) atoms. The van der Waals surface area contributed by atoms with Crippen molar-refractivity contribution in [3.05, 3.63) is 53.9 Å². The van der Waals surface area contributed by atoms with Crippen molar-refractivity contribution in [3.8, 4) is 5.75 Å². The molecule has 0 unspecified atom stereocenters. The van der Waals surface area contributed by atoms with E-state index in [2.05, 4.69) is 4.98 Å². The van der Waals surface area contributed by atoms with Crippen LogP contribution in [0.4, 0.5) is 0 Å². The van der Waals surface area contributed by atoms with Crippen molar-refractivity contribution < 1.29 is 17.9 Å². The average molecular weight is 375 g/mol. The van der Waals surface area contributed by atoms with Crippen molar-refractivity contribution in [2.24, 2.45) is 0 Å². The lowest BCUT2D eigenvalue weighted by Gasteiger charge is -2.34. The van der Waals surface area contributed by atoms with Crippen LogP contribution < -0.4 is 4.74 Å². The molecular formula is C18H21N3O4S. The minimum absolute atomic E-state index is 0.129. The second-order valence-corrected chi connectivity index (χ2v) is 7.98. The molecule has 1 saturated heterocycles. The highest BCUT2D eigenvalue weighted by molar-refractivity contribution is 7.89. The van der Waals surface area contributed by atoms with Crippen LogP contribution in [0.2, 0.25) is 0 Å². The third-order valence-electron chi connectivity index (χ3n) is 4.43. The molecule has 0 bridgehead atoms. The monoisotopic (exact) mass is 375 g/mol. The maximum absolute atomic E-state index is 12.9. The minimum atomic E-state index is -3.60. The topological polar surface area (TPSA) is 79.8 Å². The van der Waals surface area contributed by atoms with E-state index in [0.29, 0.717) is 30.0 Å². The number of amides is 1.